The van der Waals surface area contributed by atoms with Crippen LogP contribution in [0.3, 0.4) is 0 Å². The Labute approximate surface area is 89.7 Å². The maximum Gasteiger partial charge on any atom is 0.264 e. The second-order valence-electron chi connectivity index (χ2n) is 3.26. The van der Waals surface area contributed by atoms with Crippen LogP contribution >= 0.6 is 0 Å². The van der Waals surface area contributed by atoms with E-state index >= 15 is 0 Å². The minimum atomic E-state index is -3.44. The van der Waals surface area contributed by atoms with E-state index in [2.05, 4.69) is 0 Å². The zero-order valence-electron chi connectivity index (χ0n) is 8.79. The summed E-state index contributed by atoms with van der Waals surface area (Å²) in [5.41, 5.74) is 0. The van der Waals surface area contributed by atoms with E-state index in [4.69, 9.17) is 8.92 Å². The summed E-state index contributed by atoms with van der Waals surface area (Å²) in [6, 6.07) is 3.73. The Kier molecular flexibility index (Phi) is 4.31. The summed E-state index contributed by atoms with van der Waals surface area (Å²) >= 11 is 0. The van der Waals surface area contributed by atoms with Gasteiger partial charge >= 0.3 is 0 Å². The van der Waals surface area contributed by atoms with Gasteiger partial charge in [0.25, 0.3) is 10.1 Å². The van der Waals surface area contributed by atoms with Crippen molar-refractivity contribution >= 4 is 10.1 Å². The van der Waals surface area contributed by atoms with Crippen molar-refractivity contribution in [2.24, 2.45) is 0 Å². The van der Waals surface area contributed by atoms with Crippen LogP contribution in [0.4, 0.5) is 0 Å². The molecule has 15 heavy (non-hydrogen) atoms. The molecule has 6 heteroatoms. The first-order valence-electron chi connectivity index (χ1n) is 4.49. The van der Waals surface area contributed by atoms with Crippen molar-refractivity contribution < 1.29 is 17.3 Å². The van der Waals surface area contributed by atoms with E-state index in [1.54, 1.807) is 0 Å². The van der Waals surface area contributed by atoms with Gasteiger partial charge < -0.3 is 9.30 Å². The van der Waals surface area contributed by atoms with Crippen molar-refractivity contribution in [3.63, 3.8) is 0 Å². The SMILES string of the molecule is COC[C@H](Cn1cccc1)OS(C)(=O)=O. The van der Waals surface area contributed by atoms with E-state index in [1.165, 1.54) is 7.11 Å². The molecule has 1 rings (SSSR count). The molecule has 0 bridgehead atoms. The summed E-state index contributed by atoms with van der Waals surface area (Å²) in [7, 11) is -1.93. The van der Waals surface area contributed by atoms with Gasteiger partial charge in [0.1, 0.15) is 6.10 Å². The Bertz CT molecular complexity index is 371. The Morgan fingerprint density at radius 2 is 1.93 bits per heavy atom. The maximum atomic E-state index is 11.0. The fourth-order valence-corrected chi connectivity index (χ4v) is 1.88. The molecule has 5 nitrogen and oxygen atoms in total. The predicted molar refractivity (Wildman–Crippen MR) is 56.0 cm³/mol. The molecule has 0 amide bonds. The minimum Gasteiger partial charge on any atom is -0.382 e. The van der Waals surface area contributed by atoms with Gasteiger partial charge in [-0.3, -0.25) is 4.18 Å². The second-order valence-corrected chi connectivity index (χ2v) is 4.86. The van der Waals surface area contributed by atoms with Gasteiger partial charge in [0, 0.05) is 19.5 Å². The molecular weight excluding hydrogens is 218 g/mol. The van der Waals surface area contributed by atoms with Crippen molar-refractivity contribution in [3.05, 3.63) is 24.5 Å². The van der Waals surface area contributed by atoms with E-state index in [0.717, 1.165) is 6.26 Å². The molecule has 0 aliphatic carbocycles. The molecule has 0 fully saturated rings. The lowest BCUT2D eigenvalue weighted by Gasteiger charge is -2.15. The molecular formula is C9H15NO4S. The molecule has 0 aromatic carbocycles. The molecule has 0 saturated heterocycles. The third-order valence-corrected chi connectivity index (χ3v) is 2.37. The number of nitrogens with zero attached hydrogens (tertiary/aromatic N) is 1. The number of aromatic nitrogens is 1. The first-order chi connectivity index (χ1) is 7.01. The Morgan fingerprint density at radius 1 is 1.33 bits per heavy atom. The smallest absolute Gasteiger partial charge is 0.264 e. The number of methoxy groups -OCH3 is 1. The predicted octanol–water partition coefficient (Wildman–Crippen LogP) is 0.479. The lowest BCUT2D eigenvalue weighted by Crippen LogP contribution is -2.27. The van der Waals surface area contributed by atoms with Gasteiger partial charge in [-0.25, -0.2) is 0 Å². The first kappa shape index (κ1) is 12.2. The van der Waals surface area contributed by atoms with Gasteiger partial charge in [-0.15, -0.1) is 0 Å². The van der Waals surface area contributed by atoms with E-state index in [-0.39, 0.29) is 6.61 Å². The summed E-state index contributed by atoms with van der Waals surface area (Å²) in [4.78, 5) is 0. The van der Waals surface area contributed by atoms with Gasteiger partial charge in [-0.05, 0) is 12.1 Å². The maximum absolute atomic E-state index is 11.0. The summed E-state index contributed by atoms with van der Waals surface area (Å²) in [5.74, 6) is 0. The summed E-state index contributed by atoms with van der Waals surface area (Å²) in [6.07, 6.45) is 4.23. The lowest BCUT2D eigenvalue weighted by atomic mass is 10.4. The Hall–Kier alpha value is -0.850. The van der Waals surface area contributed by atoms with Crippen LogP contribution in [0.2, 0.25) is 0 Å². The largest absolute Gasteiger partial charge is 0.382 e. The first-order valence-corrected chi connectivity index (χ1v) is 6.31. The highest BCUT2D eigenvalue weighted by molar-refractivity contribution is 7.86. The average Bonchev–Trinajstić information content (AvgIpc) is 2.54. The van der Waals surface area contributed by atoms with Crippen LogP contribution in [-0.2, 0) is 25.6 Å². The average molecular weight is 233 g/mol. The van der Waals surface area contributed by atoms with Crippen LogP contribution in [-0.4, -0.2) is 39.1 Å². The third-order valence-electron chi connectivity index (χ3n) is 1.74. The van der Waals surface area contributed by atoms with Crippen molar-refractivity contribution in [1.82, 2.24) is 4.57 Å². The number of ether oxygens (including phenoxy) is 1. The van der Waals surface area contributed by atoms with E-state index in [0.29, 0.717) is 6.54 Å². The van der Waals surface area contributed by atoms with Gasteiger partial charge in [0.2, 0.25) is 0 Å². The normalized spacial score (nSPS) is 14.0. The molecule has 1 aromatic rings. The highest BCUT2D eigenvalue weighted by Gasteiger charge is 2.15. The topological polar surface area (TPSA) is 57.5 Å². The molecule has 1 atom stereocenters. The number of hydrogen-bond acceptors (Lipinski definition) is 4. The Balaban J connectivity index is 2.58. The minimum absolute atomic E-state index is 0.241. The monoisotopic (exact) mass is 233 g/mol. The van der Waals surface area contributed by atoms with Crippen LogP contribution in [0.1, 0.15) is 0 Å². The second kappa shape index (κ2) is 5.29. The number of hydrogen-bond donors (Lipinski definition) is 0. The van der Waals surface area contributed by atoms with Crippen molar-refractivity contribution in [3.8, 4) is 0 Å². The molecule has 0 radical (unpaired) electrons. The van der Waals surface area contributed by atoms with Gasteiger partial charge in [0.15, 0.2) is 0 Å². The summed E-state index contributed by atoms with van der Waals surface area (Å²) < 4.78 is 33.5. The Morgan fingerprint density at radius 3 is 2.40 bits per heavy atom. The van der Waals surface area contributed by atoms with Crippen molar-refractivity contribution in [1.29, 1.82) is 0 Å². The third kappa shape index (κ3) is 4.96. The van der Waals surface area contributed by atoms with E-state index in [1.807, 2.05) is 29.1 Å². The lowest BCUT2D eigenvalue weighted by molar-refractivity contribution is 0.0753. The molecule has 0 saturated carbocycles. The van der Waals surface area contributed by atoms with Gasteiger partial charge in [0.05, 0.1) is 19.4 Å². The molecule has 0 N–H and O–H groups in total. The zero-order valence-corrected chi connectivity index (χ0v) is 9.61. The fraction of sp³-hybridized carbons (Fsp3) is 0.556. The quantitative estimate of drug-likeness (QED) is 0.671. The molecule has 1 heterocycles. The zero-order chi connectivity index (χ0) is 11.3. The molecule has 0 spiro atoms. The van der Waals surface area contributed by atoms with Crippen LogP contribution in [0.5, 0.6) is 0 Å². The van der Waals surface area contributed by atoms with Crippen molar-refractivity contribution in [2.75, 3.05) is 20.0 Å². The van der Waals surface area contributed by atoms with Crippen LogP contribution in [0, 0.1) is 0 Å². The molecule has 0 aliphatic rings. The van der Waals surface area contributed by atoms with Crippen LogP contribution in [0.15, 0.2) is 24.5 Å². The number of rotatable bonds is 6. The highest BCUT2D eigenvalue weighted by Crippen LogP contribution is 2.03. The summed E-state index contributed by atoms with van der Waals surface area (Å²) in [6.45, 7) is 0.694. The highest BCUT2D eigenvalue weighted by atomic mass is 32.2. The molecule has 1 aromatic heterocycles. The fourth-order valence-electron chi connectivity index (χ4n) is 1.27. The van der Waals surface area contributed by atoms with Crippen LogP contribution < -0.4 is 0 Å². The van der Waals surface area contributed by atoms with Crippen LogP contribution in [0.25, 0.3) is 0 Å². The van der Waals surface area contributed by atoms with Crippen molar-refractivity contribution in [2.45, 2.75) is 12.6 Å². The van der Waals surface area contributed by atoms with Gasteiger partial charge in [-0.1, -0.05) is 0 Å². The van der Waals surface area contributed by atoms with Gasteiger partial charge in [-0.2, -0.15) is 8.42 Å². The molecule has 86 valence electrons. The molecule has 0 aliphatic heterocycles. The standard InChI is InChI=1S/C9H15NO4S/c1-13-8-9(14-15(2,11)12)7-10-5-3-4-6-10/h3-6,9H,7-8H2,1-2H3/t9-/m0/s1. The van der Waals surface area contributed by atoms with E-state index < -0.39 is 16.2 Å². The summed E-state index contributed by atoms with van der Waals surface area (Å²) in [5, 5.41) is 0. The van der Waals surface area contributed by atoms with E-state index in [9.17, 15) is 8.42 Å². The molecule has 0 unspecified atom stereocenters.